The SMILES string of the molecule is CCc1ccc(CCC(=O)NCC(Oc2ccc(F)cc2)C(=O)O)cc1. The summed E-state index contributed by atoms with van der Waals surface area (Å²) in [6, 6.07) is 13.1. The van der Waals surface area contributed by atoms with Gasteiger partial charge in [0.2, 0.25) is 12.0 Å². The maximum Gasteiger partial charge on any atom is 0.346 e. The van der Waals surface area contributed by atoms with Crippen molar-refractivity contribution >= 4 is 11.9 Å². The zero-order valence-corrected chi connectivity index (χ0v) is 14.6. The predicted octanol–water partition coefficient (Wildman–Crippen LogP) is 2.97. The largest absolute Gasteiger partial charge is 0.478 e. The first-order chi connectivity index (χ1) is 12.5. The van der Waals surface area contributed by atoms with Gasteiger partial charge in [0.1, 0.15) is 11.6 Å². The van der Waals surface area contributed by atoms with Crippen molar-refractivity contribution in [1.29, 1.82) is 0 Å². The van der Waals surface area contributed by atoms with Gasteiger partial charge < -0.3 is 15.2 Å². The topological polar surface area (TPSA) is 75.6 Å². The third-order valence-corrected chi connectivity index (χ3v) is 3.92. The van der Waals surface area contributed by atoms with Crippen molar-refractivity contribution in [2.75, 3.05) is 6.54 Å². The first-order valence-electron chi connectivity index (χ1n) is 8.47. The maximum absolute atomic E-state index is 12.9. The predicted molar refractivity (Wildman–Crippen MR) is 95.6 cm³/mol. The summed E-state index contributed by atoms with van der Waals surface area (Å²) >= 11 is 0. The second-order valence-electron chi connectivity index (χ2n) is 5.87. The number of nitrogens with one attached hydrogen (secondary N) is 1. The highest BCUT2D eigenvalue weighted by Crippen LogP contribution is 2.13. The molecule has 1 amide bonds. The molecule has 2 rings (SSSR count). The number of hydrogen-bond acceptors (Lipinski definition) is 3. The van der Waals surface area contributed by atoms with E-state index >= 15 is 0 Å². The van der Waals surface area contributed by atoms with Crippen molar-refractivity contribution < 1.29 is 23.8 Å². The van der Waals surface area contributed by atoms with E-state index in [-0.39, 0.29) is 24.6 Å². The molecule has 0 fully saturated rings. The zero-order chi connectivity index (χ0) is 18.9. The number of aryl methyl sites for hydroxylation is 2. The van der Waals surface area contributed by atoms with Crippen LogP contribution in [0.3, 0.4) is 0 Å². The average Bonchev–Trinajstić information content (AvgIpc) is 2.65. The van der Waals surface area contributed by atoms with E-state index in [1.54, 1.807) is 0 Å². The smallest absolute Gasteiger partial charge is 0.346 e. The van der Waals surface area contributed by atoms with Gasteiger partial charge in [-0.1, -0.05) is 31.2 Å². The molecule has 1 unspecified atom stereocenters. The Morgan fingerprint density at radius 3 is 2.27 bits per heavy atom. The van der Waals surface area contributed by atoms with Crippen LogP contribution in [0.2, 0.25) is 0 Å². The molecule has 0 aliphatic carbocycles. The van der Waals surface area contributed by atoms with Gasteiger partial charge in [0.25, 0.3) is 0 Å². The van der Waals surface area contributed by atoms with Crippen LogP contribution < -0.4 is 10.1 Å². The molecule has 138 valence electrons. The Morgan fingerprint density at radius 1 is 1.08 bits per heavy atom. The van der Waals surface area contributed by atoms with E-state index in [2.05, 4.69) is 12.2 Å². The Bertz CT molecular complexity index is 728. The van der Waals surface area contributed by atoms with Crippen LogP contribution in [0.15, 0.2) is 48.5 Å². The molecule has 6 heteroatoms. The fourth-order valence-electron chi connectivity index (χ4n) is 2.35. The standard InChI is InChI=1S/C20H22FNO4/c1-2-14-3-5-15(6-4-14)7-12-19(23)22-13-18(20(24)25)26-17-10-8-16(21)9-11-17/h3-6,8-11,18H,2,7,12-13H2,1H3,(H,22,23)(H,24,25). The Balaban J connectivity index is 1.80. The molecule has 0 spiro atoms. The van der Waals surface area contributed by atoms with E-state index in [1.807, 2.05) is 24.3 Å². The Kier molecular flexibility index (Phi) is 7.14. The van der Waals surface area contributed by atoms with Gasteiger partial charge in [0, 0.05) is 6.42 Å². The van der Waals surface area contributed by atoms with Gasteiger partial charge in [-0.05, 0) is 48.2 Å². The zero-order valence-electron chi connectivity index (χ0n) is 14.6. The van der Waals surface area contributed by atoms with Crippen LogP contribution in [0, 0.1) is 5.82 Å². The molecule has 0 bridgehead atoms. The van der Waals surface area contributed by atoms with E-state index in [9.17, 15) is 19.1 Å². The number of carboxylic acid groups (broad SMARTS) is 1. The van der Waals surface area contributed by atoms with Crippen LogP contribution in [0.5, 0.6) is 5.75 Å². The summed E-state index contributed by atoms with van der Waals surface area (Å²) in [5.41, 5.74) is 2.29. The van der Waals surface area contributed by atoms with Crippen molar-refractivity contribution in [3.05, 3.63) is 65.5 Å². The Labute approximate surface area is 151 Å². The summed E-state index contributed by atoms with van der Waals surface area (Å²) in [4.78, 5) is 23.2. The van der Waals surface area contributed by atoms with Crippen molar-refractivity contribution in [3.8, 4) is 5.75 Å². The van der Waals surface area contributed by atoms with Crippen molar-refractivity contribution in [2.24, 2.45) is 0 Å². The van der Waals surface area contributed by atoms with Gasteiger partial charge in [-0.25, -0.2) is 9.18 Å². The highest BCUT2D eigenvalue weighted by Gasteiger charge is 2.20. The third-order valence-electron chi connectivity index (χ3n) is 3.92. The number of carboxylic acids is 1. The molecule has 2 aromatic rings. The van der Waals surface area contributed by atoms with Gasteiger partial charge in [0.15, 0.2) is 0 Å². The summed E-state index contributed by atoms with van der Waals surface area (Å²) in [5.74, 6) is -1.67. The second kappa shape index (κ2) is 9.56. The molecule has 26 heavy (non-hydrogen) atoms. The number of carbonyl (C=O) groups is 2. The van der Waals surface area contributed by atoms with Gasteiger partial charge in [0.05, 0.1) is 6.54 Å². The summed E-state index contributed by atoms with van der Waals surface area (Å²) in [7, 11) is 0. The number of benzene rings is 2. The van der Waals surface area contributed by atoms with Crippen LogP contribution in [-0.4, -0.2) is 29.6 Å². The van der Waals surface area contributed by atoms with Gasteiger partial charge in [-0.3, -0.25) is 4.79 Å². The van der Waals surface area contributed by atoms with E-state index in [1.165, 1.54) is 29.8 Å². The fourth-order valence-corrected chi connectivity index (χ4v) is 2.35. The average molecular weight is 359 g/mol. The number of rotatable bonds is 9. The minimum atomic E-state index is -1.24. The van der Waals surface area contributed by atoms with Crippen molar-refractivity contribution in [2.45, 2.75) is 32.3 Å². The number of amides is 1. The number of aliphatic carboxylic acids is 1. The molecule has 0 aliphatic heterocycles. The lowest BCUT2D eigenvalue weighted by atomic mass is 10.1. The molecular formula is C20H22FNO4. The molecule has 0 saturated heterocycles. The summed E-state index contributed by atoms with van der Waals surface area (Å²) in [6.07, 6.45) is 0.555. The van der Waals surface area contributed by atoms with Gasteiger partial charge in [-0.15, -0.1) is 0 Å². The number of hydrogen-bond donors (Lipinski definition) is 2. The molecule has 2 aromatic carbocycles. The molecular weight excluding hydrogens is 337 g/mol. The number of halogens is 1. The van der Waals surface area contributed by atoms with Crippen LogP contribution in [0.1, 0.15) is 24.5 Å². The molecule has 0 heterocycles. The van der Waals surface area contributed by atoms with Crippen molar-refractivity contribution in [1.82, 2.24) is 5.32 Å². The molecule has 0 aromatic heterocycles. The summed E-state index contributed by atoms with van der Waals surface area (Å²) in [6.45, 7) is 1.91. The quantitative estimate of drug-likeness (QED) is 0.722. The monoisotopic (exact) mass is 359 g/mol. The lowest BCUT2D eigenvalue weighted by Gasteiger charge is -2.16. The first kappa shape index (κ1) is 19.4. The summed E-state index contributed by atoms with van der Waals surface area (Å²) in [5, 5.41) is 11.8. The molecule has 5 nitrogen and oxygen atoms in total. The lowest BCUT2D eigenvalue weighted by Crippen LogP contribution is -2.40. The van der Waals surface area contributed by atoms with E-state index in [0.717, 1.165) is 12.0 Å². The molecule has 0 aliphatic rings. The first-order valence-corrected chi connectivity index (χ1v) is 8.47. The summed E-state index contributed by atoms with van der Waals surface area (Å²) < 4.78 is 18.2. The lowest BCUT2D eigenvalue weighted by molar-refractivity contribution is -0.145. The van der Waals surface area contributed by atoms with Gasteiger partial charge >= 0.3 is 5.97 Å². The fraction of sp³-hybridized carbons (Fsp3) is 0.300. The highest BCUT2D eigenvalue weighted by molar-refractivity contribution is 5.78. The van der Waals surface area contributed by atoms with E-state index in [4.69, 9.17) is 4.74 Å². The van der Waals surface area contributed by atoms with Crippen LogP contribution >= 0.6 is 0 Å². The molecule has 1 atom stereocenters. The van der Waals surface area contributed by atoms with E-state index < -0.39 is 17.9 Å². The highest BCUT2D eigenvalue weighted by atomic mass is 19.1. The minimum absolute atomic E-state index is 0.166. The van der Waals surface area contributed by atoms with Crippen LogP contribution in [0.25, 0.3) is 0 Å². The maximum atomic E-state index is 12.9. The Hall–Kier alpha value is -2.89. The van der Waals surface area contributed by atoms with E-state index in [0.29, 0.717) is 6.42 Å². The van der Waals surface area contributed by atoms with Crippen LogP contribution in [0.4, 0.5) is 4.39 Å². The molecule has 0 saturated carbocycles. The van der Waals surface area contributed by atoms with Crippen LogP contribution in [-0.2, 0) is 22.4 Å². The molecule has 0 radical (unpaired) electrons. The second-order valence-corrected chi connectivity index (χ2v) is 5.87. The number of ether oxygens (including phenoxy) is 1. The van der Waals surface area contributed by atoms with Gasteiger partial charge in [-0.2, -0.15) is 0 Å². The van der Waals surface area contributed by atoms with Crippen molar-refractivity contribution in [3.63, 3.8) is 0 Å². The molecule has 2 N–H and O–H groups in total. The normalized spacial score (nSPS) is 11.6. The Morgan fingerprint density at radius 2 is 1.69 bits per heavy atom. The minimum Gasteiger partial charge on any atom is -0.478 e. The third kappa shape index (κ3) is 6.20. The number of carbonyl (C=O) groups excluding carboxylic acids is 1.